The summed E-state index contributed by atoms with van der Waals surface area (Å²) in [6.45, 7) is 3.16. The first-order chi connectivity index (χ1) is 11.1. The first kappa shape index (κ1) is 17.4. The number of thiazole rings is 1. The molecule has 0 radical (unpaired) electrons. The Morgan fingerprint density at radius 3 is 2.70 bits per heavy atom. The lowest BCUT2D eigenvalue weighted by Crippen LogP contribution is -2.31. The quantitative estimate of drug-likeness (QED) is 0.807. The number of rotatable bonds is 8. The number of nitrogens with zero attached hydrogens (tertiary/aromatic N) is 2. The molecule has 0 saturated heterocycles. The summed E-state index contributed by atoms with van der Waals surface area (Å²) in [4.78, 5) is 18.2. The largest absolute Gasteiger partial charge is 0.497 e. The summed E-state index contributed by atoms with van der Waals surface area (Å²) in [5, 5.41) is 5.42. The fraction of sp³-hybridized carbons (Fsp3) is 0.412. The van der Waals surface area contributed by atoms with E-state index in [-0.39, 0.29) is 5.91 Å². The zero-order valence-electron chi connectivity index (χ0n) is 13.8. The van der Waals surface area contributed by atoms with Crippen LogP contribution in [0.1, 0.15) is 17.7 Å². The maximum atomic E-state index is 11.9. The lowest BCUT2D eigenvalue weighted by atomic mass is 10.1. The van der Waals surface area contributed by atoms with Crippen molar-refractivity contribution in [2.45, 2.75) is 19.8 Å². The minimum atomic E-state index is -0.0219. The van der Waals surface area contributed by atoms with Crippen molar-refractivity contribution < 1.29 is 9.53 Å². The monoisotopic (exact) mass is 333 g/mol. The molecule has 0 unspecified atom stereocenters. The second-order valence-corrected chi connectivity index (χ2v) is 6.39. The van der Waals surface area contributed by atoms with Gasteiger partial charge in [-0.05, 0) is 51.1 Å². The van der Waals surface area contributed by atoms with Crippen molar-refractivity contribution in [2.24, 2.45) is 0 Å². The van der Waals surface area contributed by atoms with Gasteiger partial charge >= 0.3 is 0 Å². The zero-order chi connectivity index (χ0) is 16.7. The van der Waals surface area contributed by atoms with Gasteiger partial charge in [-0.1, -0.05) is 12.1 Å². The number of benzene rings is 1. The third-order valence-corrected chi connectivity index (χ3v) is 4.32. The van der Waals surface area contributed by atoms with Crippen LogP contribution in [0.15, 0.2) is 29.6 Å². The molecule has 1 aromatic heterocycles. The van der Waals surface area contributed by atoms with E-state index in [1.54, 1.807) is 7.11 Å². The molecule has 0 spiro atoms. The van der Waals surface area contributed by atoms with Gasteiger partial charge in [0.05, 0.1) is 19.3 Å². The van der Waals surface area contributed by atoms with Crippen LogP contribution in [-0.4, -0.2) is 43.0 Å². The number of likely N-dealkylation sites (N-methyl/N-ethyl adjacent to an activating group) is 1. The first-order valence-corrected chi connectivity index (χ1v) is 8.48. The maximum Gasteiger partial charge on any atom is 0.240 e. The third-order valence-electron chi connectivity index (χ3n) is 3.44. The second-order valence-electron chi connectivity index (χ2n) is 5.53. The highest BCUT2D eigenvalue weighted by molar-refractivity contribution is 7.13. The molecule has 0 saturated carbocycles. The molecule has 2 rings (SSSR count). The third kappa shape index (κ3) is 6.00. The Morgan fingerprint density at radius 2 is 2.09 bits per heavy atom. The van der Waals surface area contributed by atoms with Crippen molar-refractivity contribution in [1.82, 2.24) is 9.88 Å². The summed E-state index contributed by atoms with van der Waals surface area (Å²) < 4.78 is 5.15. The zero-order valence-corrected chi connectivity index (χ0v) is 14.7. The highest BCUT2D eigenvalue weighted by atomic mass is 32.1. The minimum Gasteiger partial charge on any atom is -0.497 e. The Bertz CT molecular complexity index is 625. The van der Waals surface area contributed by atoms with Crippen LogP contribution in [0.4, 0.5) is 5.13 Å². The number of nitrogens with one attached hydrogen (secondary N) is 1. The molecule has 0 aliphatic heterocycles. The summed E-state index contributed by atoms with van der Waals surface area (Å²) in [6, 6.07) is 8.11. The van der Waals surface area contributed by atoms with E-state index in [0.29, 0.717) is 11.7 Å². The van der Waals surface area contributed by atoms with Gasteiger partial charge in [-0.25, -0.2) is 4.98 Å². The Hall–Kier alpha value is -1.92. The molecular formula is C17H23N3O2S. The number of anilines is 1. The molecule has 1 heterocycles. The molecule has 0 fully saturated rings. The van der Waals surface area contributed by atoms with Crippen LogP contribution in [0.3, 0.4) is 0 Å². The summed E-state index contributed by atoms with van der Waals surface area (Å²) in [5.41, 5.74) is 2.21. The van der Waals surface area contributed by atoms with E-state index in [2.05, 4.69) is 22.4 Å². The number of hydrogen-bond donors (Lipinski definition) is 1. The summed E-state index contributed by atoms with van der Waals surface area (Å²) in [6.07, 6.45) is 1.99. The standard InChI is InChI=1S/C17H23N3O2S/c1-13-12-23-17(18-13)19-16(21)11-20(2)10-4-5-14-6-8-15(22-3)9-7-14/h6-9,12H,4-5,10-11H2,1-3H3,(H,18,19,21). The van der Waals surface area contributed by atoms with Gasteiger partial charge in [-0.2, -0.15) is 0 Å². The van der Waals surface area contributed by atoms with Crippen LogP contribution in [0.25, 0.3) is 0 Å². The van der Waals surface area contributed by atoms with Gasteiger partial charge in [0, 0.05) is 5.38 Å². The molecule has 0 atom stereocenters. The number of hydrogen-bond acceptors (Lipinski definition) is 5. The summed E-state index contributed by atoms with van der Waals surface area (Å²) in [7, 11) is 3.63. The topological polar surface area (TPSA) is 54.5 Å². The van der Waals surface area contributed by atoms with Gasteiger partial charge in [0.15, 0.2) is 5.13 Å². The predicted octanol–water partition coefficient (Wildman–Crippen LogP) is 2.96. The van der Waals surface area contributed by atoms with Crippen molar-refractivity contribution in [3.05, 3.63) is 40.9 Å². The maximum absolute atomic E-state index is 11.9. The Morgan fingerprint density at radius 1 is 1.35 bits per heavy atom. The number of carbonyl (C=O) groups is 1. The molecule has 124 valence electrons. The smallest absolute Gasteiger partial charge is 0.240 e. The second kappa shape index (κ2) is 8.64. The van der Waals surface area contributed by atoms with Gasteiger partial charge in [0.25, 0.3) is 0 Å². The van der Waals surface area contributed by atoms with Crippen LogP contribution >= 0.6 is 11.3 Å². The van der Waals surface area contributed by atoms with Gasteiger partial charge < -0.3 is 10.1 Å². The average molecular weight is 333 g/mol. The molecule has 1 aromatic carbocycles. The number of amides is 1. The number of aryl methyl sites for hydroxylation is 2. The molecule has 23 heavy (non-hydrogen) atoms. The Labute approximate surface area is 141 Å². The lowest BCUT2D eigenvalue weighted by Gasteiger charge is -2.15. The van der Waals surface area contributed by atoms with E-state index in [4.69, 9.17) is 4.74 Å². The van der Waals surface area contributed by atoms with Crippen molar-refractivity contribution in [3.63, 3.8) is 0 Å². The van der Waals surface area contributed by atoms with Crippen molar-refractivity contribution in [3.8, 4) is 5.75 Å². The number of aromatic nitrogens is 1. The predicted molar refractivity (Wildman–Crippen MR) is 94.3 cm³/mol. The summed E-state index contributed by atoms with van der Waals surface area (Å²) >= 11 is 1.45. The molecule has 1 amide bonds. The molecule has 1 N–H and O–H groups in total. The van der Waals surface area contributed by atoms with E-state index in [1.807, 2.05) is 36.4 Å². The fourth-order valence-electron chi connectivity index (χ4n) is 2.24. The van der Waals surface area contributed by atoms with Gasteiger partial charge in [-0.3, -0.25) is 9.69 Å². The molecule has 5 nitrogen and oxygen atoms in total. The molecule has 0 aliphatic rings. The van der Waals surface area contributed by atoms with Crippen molar-refractivity contribution in [1.29, 1.82) is 0 Å². The van der Waals surface area contributed by atoms with Crippen molar-refractivity contribution >= 4 is 22.4 Å². The van der Waals surface area contributed by atoms with Crippen LogP contribution in [0.2, 0.25) is 0 Å². The number of ether oxygens (including phenoxy) is 1. The van der Waals surface area contributed by atoms with E-state index in [1.165, 1.54) is 16.9 Å². The molecule has 0 bridgehead atoms. The minimum absolute atomic E-state index is 0.0219. The normalized spacial score (nSPS) is 10.8. The van der Waals surface area contributed by atoms with Crippen LogP contribution in [0, 0.1) is 6.92 Å². The van der Waals surface area contributed by atoms with Gasteiger partial charge in [-0.15, -0.1) is 11.3 Å². The van der Waals surface area contributed by atoms with Crippen LogP contribution < -0.4 is 10.1 Å². The fourth-order valence-corrected chi connectivity index (χ4v) is 2.94. The molecule has 0 aliphatic carbocycles. The van der Waals surface area contributed by atoms with E-state index in [9.17, 15) is 4.79 Å². The highest BCUT2D eigenvalue weighted by Gasteiger charge is 2.08. The van der Waals surface area contributed by atoms with E-state index < -0.39 is 0 Å². The highest BCUT2D eigenvalue weighted by Crippen LogP contribution is 2.14. The average Bonchev–Trinajstić information content (AvgIpc) is 2.92. The lowest BCUT2D eigenvalue weighted by molar-refractivity contribution is -0.117. The van der Waals surface area contributed by atoms with Crippen LogP contribution in [-0.2, 0) is 11.2 Å². The number of carbonyl (C=O) groups excluding carboxylic acids is 1. The van der Waals surface area contributed by atoms with Gasteiger partial charge in [0.1, 0.15) is 5.75 Å². The number of methoxy groups -OCH3 is 1. The Balaban J connectivity index is 1.67. The SMILES string of the molecule is COc1ccc(CCCN(C)CC(=O)Nc2nc(C)cs2)cc1. The van der Waals surface area contributed by atoms with E-state index >= 15 is 0 Å². The molecule has 2 aromatic rings. The van der Waals surface area contributed by atoms with Crippen molar-refractivity contribution in [2.75, 3.05) is 32.6 Å². The Kier molecular flexibility index (Phi) is 6.55. The molecule has 6 heteroatoms. The first-order valence-electron chi connectivity index (χ1n) is 7.60. The molecular weight excluding hydrogens is 310 g/mol. The van der Waals surface area contributed by atoms with Gasteiger partial charge in [0.2, 0.25) is 5.91 Å². The van der Waals surface area contributed by atoms with E-state index in [0.717, 1.165) is 30.8 Å². The van der Waals surface area contributed by atoms with Crippen LogP contribution in [0.5, 0.6) is 5.75 Å². The summed E-state index contributed by atoms with van der Waals surface area (Å²) in [5.74, 6) is 0.853.